The molecule has 0 aliphatic heterocycles. The summed E-state index contributed by atoms with van der Waals surface area (Å²) in [6.45, 7) is 6.38. The average Bonchev–Trinajstić information content (AvgIpc) is 2.64. The Labute approximate surface area is 166 Å². The highest BCUT2D eigenvalue weighted by molar-refractivity contribution is 8.00. The van der Waals surface area contributed by atoms with Gasteiger partial charge in [0.2, 0.25) is 5.91 Å². The number of hydrogen-bond donors (Lipinski definition) is 0. The van der Waals surface area contributed by atoms with Gasteiger partial charge in [-0.1, -0.05) is 23.9 Å². The zero-order chi connectivity index (χ0) is 20.1. The topological polar surface area (TPSA) is 60.2 Å². The Bertz CT molecular complexity index is 869. The van der Waals surface area contributed by atoms with Crippen molar-refractivity contribution < 1.29 is 4.79 Å². The maximum atomic E-state index is 12.5. The van der Waals surface area contributed by atoms with E-state index in [1.54, 1.807) is 11.9 Å². The molecule has 5 nitrogen and oxygen atoms in total. The van der Waals surface area contributed by atoms with E-state index in [0.717, 1.165) is 28.1 Å². The maximum Gasteiger partial charge on any atom is 0.233 e. The normalized spacial score (nSPS) is 10.4. The van der Waals surface area contributed by atoms with Crippen LogP contribution in [0.1, 0.15) is 27.9 Å². The van der Waals surface area contributed by atoms with Gasteiger partial charge in [-0.05, 0) is 49.6 Å². The molecule has 0 aliphatic carbocycles. The number of rotatable bonds is 6. The van der Waals surface area contributed by atoms with Crippen molar-refractivity contribution in [2.75, 3.05) is 31.8 Å². The van der Waals surface area contributed by atoms with E-state index in [9.17, 15) is 10.1 Å². The molecule has 1 heterocycles. The molecule has 1 aromatic heterocycles. The number of benzene rings is 1. The average molecular weight is 383 g/mol. The largest absolute Gasteiger partial charge is 0.378 e. The molecule has 1 amide bonds. The molecular formula is C21H26N4OS. The molecule has 0 bridgehead atoms. The van der Waals surface area contributed by atoms with Crippen LogP contribution in [0.2, 0.25) is 0 Å². The molecule has 0 atom stereocenters. The molecule has 2 aromatic rings. The van der Waals surface area contributed by atoms with Crippen LogP contribution in [-0.2, 0) is 11.3 Å². The lowest BCUT2D eigenvalue weighted by molar-refractivity contribution is -0.127. The number of nitrogens with zero attached hydrogens (tertiary/aromatic N) is 4. The molecule has 0 aliphatic rings. The Kier molecular flexibility index (Phi) is 6.86. The van der Waals surface area contributed by atoms with Crippen LogP contribution >= 0.6 is 11.8 Å². The first-order valence-corrected chi connectivity index (χ1v) is 9.74. The SMILES string of the molecule is Cc1nc(SCC(=O)N(C)Cc2ccc(N(C)C)cc2)c(C#N)c(C)c1C. The summed E-state index contributed by atoms with van der Waals surface area (Å²) >= 11 is 1.33. The molecule has 6 heteroatoms. The number of pyridine rings is 1. The van der Waals surface area contributed by atoms with Crippen LogP contribution in [-0.4, -0.2) is 42.7 Å². The maximum absolute atomic E-state index is 12.5. The van der Waals surface area contributed by atoms with Crippen molar-refractivity contribution in [1.82, 2.24) is 9.88 Å². The predicted octanol–water partition coefficient (Wildman–Crippen LogP) is 3.70. The second-order valence-electron chi connectivity index (χ2n) is 6.84. The lowest BCUT2D eigenvalue weighted by Gasteiger charge is -2.18. The van der Waals surface area contributed by atoms with Crippen molar-refractivity contribution in [3.05, 3.63) is 52.2 Å². The molecule has 0 spiro atoms. The number of amides is 1. The van der Waals surface area contributed by atoms with Crippen LogP contribution < -0.4 is 4.90 Å². The predicted molar refractivity (Wildman–Crippen MR) is 111 cm³/mol. The lowest BCUT2D eigenvalue weighted by Crippen LogP contribution is -2.27. The van der Waals surface area contributed by atoms with E-state index < -0.39 is 0 Å². The highest BCUT2D eigenvalue weighted by atomic mass is 32.2. The number of aromatic nitrogens is 1. The molecule has 0 N–H and O–H groups in total. The monoisotopic (exact) mass is 382 g/mol. The van der Waals surface area contributed by atoms with Crippen LogP contribution in [0.4, 0.5) is 5.69 Å². The Hall–Kier alpha value is -2.52. The second-order valence-corrected chi connectivity index (χ2v) is 7.80. The van der Waals surface area contributed by atoms with E-state index in [-0.39, 0.29) is 11.7 Å². The molecule has 0 unspecified atom stereocenters. The molecule has 1 aromatic carbocycles. The van der Waals surface area contributed by atoms with Gasteiger partial charge in [0.05, 0.1) is 11.3 Å². The molecule has 0 radical (unpaired) electrons. The van der Waals surface area contributed by atoms with Gasteiger partial charge in [0, 0.05) is 39.1 Å². The van der Waals surface area contributed by atoms with Crippen molar-refractivity contribution in [2.24, 2.45) is 0 Å². The van der Waals surface area contributed by atoms with Gasteiger partial charge >= 0.3 is 0 Å². The molecule has 27 heavy (non-hydrogen) atoms. The Morgan fingerprint density at radius 3 is 2.30 bits per heavy atom. The van der Waals surface area contributed by atoms with Crippen molar-refractivity contribution >= 4 is 23.4 Å². The minimum atomic E-state index is 0.0123. The quantitative estimate of drug-likeness (QED) is 0.713. The third-order valence-electron chi connectivity index (χ3n) is 4.71. The molecule has 0 saturated carbocycles. The minimum Gasteiger partial charge on any atom is -0.378 e. The van der Waals surface area contributed by atoms with Crippen LogP contribution in [0.5, 0.6) is 0 Å². The highest BCUT2D eigenvalue weighted by Crippen LogP contribution is 2.26. The number of carbonyl (C=O) groups is 1. The number of anilines is 1. The molecule has 2 rings (SSSR count). The van der Waals surface area contributed by atoms with Gasteiger partial charge in [-0.2, -0.15) is 5.26 Å². The van der Waals surface area contributed by atoms with Crippen LogP contribution in [0.15, 0.2) is 29.3 Å². The zero-order valence-corrected chi connectivity index (χ0v) is 17.6. The fourth-order valence-electron chi connectivity index (χ4n) is 2.65. The van der Waals surface area contributed by atoms with Gasteiger partial charge in [-0.3, -0.25) is 4.79 Å². The minimum absolute atomic E-state index is 0.0123. The standard InChI is InChI=1S/C21H26N4OS/c1-14-15(2)19(11-22)21(23-16(14)3)27-13-20(26)25(6)12-17-7-9-18(10-8-17)24(4)5/h7-10H,12-13H2,1-6H3. The fourth-order valence-corrected chi connectivity index (χ4v) is 3.67. The number of thioether (sulfide) groups is 1. The van der Waals surface area contributed by atoms with E-state index in [4.69, 9.17) is 0 Å². The first-order chi connectivity index (χ1) is 12.7. The second kappa shape index (κ2) is 8.92. The van der Waals surface area contributed by atoms with E-state index in [0.29, 0.717) is 17.1 Å². The fraction of sp³-hybridized carbons (Fsp3) is 0.381. The van der Waals surface area contributed by atoms with Gasteiger partial charge in [0.25, 0.3) is 0 Å². The van der Waals surface area contributed by atoms with Crippen molar-refractivity contribution in [2.45, 2.75) is 32.3 Å². The van der Waals surface area contributed by atoms with Crippen LogP contribution in [0.25, 0.3) is 0 Å². The highest BCUT2D eigenvalue weighted by Gasteiger charge is 2.16. The molecule has 142 valence electrons. The van der Waals surface area contributed by atoms with Gasteiger partial charge < -0.3 is 9.80 Å². The number of carbonyl (C=O) groups excluding carboxylic acids is 1. The lowest BCUT2D eigenvalue weighted by atomic mass is 10.1. The molecular weight excluding hydrogens is 356 g/mol. The summed E-state index contributed by atoms with van der Waals surface area (Å²) in [7, 11) is 5.80. The smallest absolute Gasteiger partial charge is 0.233 e. The summed E-state index contributed by atoms with van der Waals surface area (Å²) < 4.78 is 0. The van der Waals surface area contributed by atoms with Crippen LogP contribution in [0.3, 0.4) is 0 Å². The summed E-state index contributed by atoms with van der Waals surface area (Å²) in [6.07, 6.45) is 0. The van der Waals surface area contributed by atoms with Crippen molar-refractivity contribution in [1.29, 1.82) is 5.26 Å². The van der Waals surface area contributed by atoms with Gasteiger partial charge in [-0.15, -0.1) is 0 Å². The first-order valence-electron chi connectivity index (χ1n) is 8.75. The third-order valence-corrected chi connectivity index (χ3v) is 5.67. The summed E-state index contributed by atoms with van der Waals surface area (Å²) in [5.41, 5.74) is 5.64. The zero-order valence-electron chi connectivity index (χ0n) is 16.8. The van der Waals surface area contributed by atoms with Gasteiger partial charge in [-0.25, -0.2) is 4.98 Å². The Morgan fingerprint density at radius 1 is 1.11 bits per heavy atom. The Balaban J connectivity index is 2.02. The molecule has 0 fully saturated rings. The summed E-state index contributed by atoms with van der Waals surface area (Å²) in [4.78, 5) is 20.8. The number of aryl methyl sites for hydroxylation is 1. The summed E-state index contributed by atoms with van der Waals surface area (Å²) in [6, 6.07) is 10.4. The van der Waals surface area contributed by atoms with Gasteiger partial charge in [0.1, 0.15) is 11.1 Å². The van der Waals surface area contributed by atoms with E-state index in [1.807, 2.05) is 64.0 Å². The molecule has 0 saturated heterocycles. The van der Waals surface area contributed by atoms with E-state index in [1.165, 1.54) is 11.8 Å². The first kappa shape index (κ1) is 20.8. The Morgan fingerprint density at radius 2 is 1.74 bits per heavy atom. The number of hydrogen-bond acceptors (Lipinski definition) is 5. The van der Waals surface area contributed by atoms with Gasteiger partial charge in [0.15, 0.2) is 0 Å². The van der Waals surface area contributed by atoms with E-state index in [2.05, 4.69) is 11.1 Å². The summed E-state index contributed by atoms with van der Waals surface area (Å²) in [5.74, 6) is 0.272. The van der Waals surface area contributed by atoms with Crippen molar-refractivity contribution in [3.63, 3.8) is 0 Å². The van der Waals surface area contributed by atoms with E-state index >= 15 is 0 Å². The van der Waals surface area contributed by atoms with Crippen LogP contribution in [0, 0.1) is 32.1 Å². The third kappa shape index (κ3) is 5.01. The van der Waals surface area contributed by atoms with Crippen molar-refractivity contribution in [3.8, 4) is 6.07 Å². The summed E-state index contributed by atoms with van der Waals surface area (Å²) in [5, 5.41) is 10.1. The number of nitriles is 1.